The molecule has 2 N–H and O–H groups in total. The lowest BCUT2D eigenvalue weighted by molar-refractivity contribution is -0.119. The average molecular weight is 290 g/mol. The van der Waals surface area contributed by atoms with Gasteiger partial charge in [-0.1, -0.05) is 5.21 Å². The van der Waals surface area contributed by atoms with Crippen LogP contribution in [0, 0.1) is 0 Å². The van der Waals surface area contributed by atoms with Gasteiger partial charge in [0.1, 0.15) is 6.54 Å². The Kier molecular flexibility index (Phi) is 4.62. The number of aromatic carboxylic acids is 1. The van der Waals surface area contributed by atoms with Crippen molar-refractivity contribution in [3.63, 3.8) is 0 Å². The molecule has 0 aliphatic carbocycles. The monoisotopic (exact) mass is 290 g/mol. The minimum atomic E-state index is -1.04. The number of carboxylic acid groups (broad SMARTS) is 1. The molecule has 1 amide bonds. The summed E-state index contributed by atoms with van der Waals surface area (Å²) >= 11 is 0. The Balaban J connectivity index is 2.17. The molecule has 8 heteroatoms. The first-order valence-electron chi connectivity index (χ1n) is 6.20. The van der Waals surface area contributed by atoms with Gasteiger partial charge >= 0.3 is 5.97 Å². The summed E-state index contributed by atoms with van der Waals surface area (Å²) < 4.78 is 1.37. The van der Waals surface area contributed by atoms with Gasteiger partial charge in [0, 0.05) is 18.4 Å². The lowest BCUT2D eigenvalue weighted by Crippen LogP contribution is -2.36. The van der Waals surface area contributed by atoms with E-state index < -0.39 is 5.97 Å². The van der Waals surface area contributed by atoms with Crippen LogP contribution < -0.4 is 4.90 Å². The first-order valence-corrected chi connectivity index (χ1v) is 6.20. The summed E-state index contributed by atoms with van der Waals surface area (Å²) in [5.41, 5.74) is 0.644. The van der Waals surface area contributed by atoms with Crippen molar-refractivity contribution in [2.24, 2.45) is 0 Å². The Labute approximate surface area is 120 Å². The van der Waals surface area contributed by atoms with Gasteiger partial charge in [0.2, 0.25) is 5.91 Å². The Morgan fingerprint density at radius 1 is 1.24 bits per heavy atom. The largest absolute Gasteiger partial charge is 0.478 e. The summed E-state index contributed by atoms with van der Waals surface area (Å²) in [6, 6.07) is 5.87. The van der Waals surface area contributed by atoms with Crippen LogP contribution in [0.4, 0.5) is 5.69 Å². The number of benzene rings is 1. The van der Waals surface area contributed by atoms with E-state index in [0.717, 1.165) is 0 Å². The first kappa shape index (κ1) is 14.7. The molecule has 0 saturated carbocycles. The van der Waals surface area contributed by atoms with Gasteiger partial charge < -0.3 is 15.1 Å². The quantitative estimate of drug-likeness (QED) is 0.775. The molecule has 1 aromatic carbocycles. The highest BCUT2D eigenvalue weighted by atomic mass is 16.4. The second kappa shape index (κ2) is 6.62. The van der Waals surface area contributed by atoms with Crippen molar-refractivity contribution in [1.82, 2.24) is 15.0 Å². The molecule has 0 aliphatic heterocycles. The molecule has 0 bridgehead atoms. The Hall–Kier alpha value is -2.74. The maximum Gasteiger partial charge on any atom is 0.335 e. The molecule has 1 aromatic heterocycles. The van der Waals surface area contributed by atoms with Gasteiger partial charge in [-0.05, 0) is 24.3 Å². The minimum Gasteiger partial charge on any atom is -0.478 e. The number of hydrogen-bond acceptors (Lipinski definition) is 5. The van der Waals surface area contributed by atoms with Crippen LogP contribution in [0.1, 0.15) is 10.4 Å². The number of carbonyl (C=O) groups excluding carboxylic acids is 1. The van der Waals surface area contributed by atoms with E-state index in [9.17, 15) is 9.59 Å². The van der Waals surface area contributed by atoms with Crippen LogP contribution in [0.5, 0.6) is 0 Å². The zero-order valence-electron chi connectivity index (χ0n) is 11.1. The van der Waals surface area contributed by atoms with E-state index in [2.05, 4.69) is 10.3 Å². The summed E-state index contributed by atoms with van der Waals surface area (Å²) in [4.78, 5) is 24.4. The van der Waals surface area contributed by atoms with Crippen molar-refractivity contribution in [3.05, 3.63) is 42.2 Å². The van der Waals surface area contributed by atoms with Crippen molar-refractivity contribution in [3.8, 4) is 0 Å². The van der Waals surface area contributed by atoms with Crippen LogP contribution in [0.15, 0.2) is 36.7 Å². The van der Waals surface area contributed by atoms with E-state index in [0.29, 0.717) is 5.69 Å². The van der Waals surface area contributed by atoms with Crippen LogP contribution in [-0.4, -0.2) is 50.2 Å². The number of aliphatic hydroxyl groups excluding tert-OH is 1. The number of aromatic nitrogens is 3. The van der Waals surface area contributed by atoms with Crippen LogP contribution in [-0.2, 0) is 11.3 Å². The summed E-state index contributed by atoms with van der Waals surface area (Å²) in [5, 5.41) is 25.3. The van der Waals surface area contributed by atoms with Gasteiger partial charge in [0.25, 0.3) is 0 Å². The summed E-state index contributed by atoms with van der Waals surface area (Å²) in [5.74, 6) is -1.32. The molecule has 2 aromatic rings. The number of nitrogens with zero attached hydrogens (tertiary/aromatic N) is 4. The third-order valence-electron chi connectivity index (χ3n) is 2.82. The van der Waals surface area contributed by atoms with Crippen molar-refractivity contribution >= 4 is 17.6 Å². The van der Waals surface area contributed by atoms with Gasteiger partial charge in [-0.2, -0.15) is 0 Å². The molecule has 0 radical (unpaired) electrons. The van der Waals surface area contributed by atoms with E-state index in [4.69, 9.17) is 10.2 Å². The normalized spacial score (nSPS) is 10.3. The van der Waals surface area contributed by atoms with Crippen molar-refractivity contribution in [2.75, 3.05) is 18.1 Å². The highest BCUT2D eigenvalue weighted by Gasteiger charge is 2.16. The second-order valence-electron chi connectivity index (χ2n) is 4.22. The summed E-state index contributed by atoms with van der Waals surface area (Å²) in [7, 11) is 0. The Bertz CT molecular complexity index is 610. The van der Waals surface area contributed by atoms with Gasteiger partial charge in [-0.25, -0.2) is 9.48 Å². The van der Waals surface area contributed by atoms with Gasteiger partial charge in [-0.3, -0.25) is 4.79 Å². The number of carbonyl (C=O) groups is 2. The minimum absolute atomic E-state index is 0.0132. The lowest BCUT2D eigenvalue weighted by atomic mass is 10.2. The van der Waals surface area contributed by atoms with Crippen LogP contribution in [0.2, 0.25) is 0 Å². The zero-order chi connectivity index (χ0) is 15.2. The van der Waals surface area contributed by atoms with Gasteiger partial charge in [0.05, 0.1) is 18.4 Å². The summed E-state index contributed by atoms with van der Waals surface area (Å²) in [6.45, 7) is -0.107. The van der Waals surface area contributed by atoms with Crippen LogP contribution >= 0.6 is 0 Å². The number of amides is 1. The number of anilines is 1. The van der Waals surface area contributed by atoms with Crippen molar-refractivity contribution in [2.45, 2.75) is 6.54 Å². The molecular formula is C13H14N4O4. The van der Waals surface area contributed by atoms with E-state index >= 15 is 0 Å². The molecule has 1 heterocycles. The van der Waals surface area contributed by atoms with E-state index in [-0.39, 0.29) is 31.2 Å². The number of hydrogen-bond donors (Lipinski definition) is 2. The predicted octanol–water partition coefficient (Wildman–Crippen LogP) is 0.00180. The Morgan fingerprint density at radius 2 is 1.95 bits per heavy atom. The molecular weight excluding hydrogens is 276 g/mol. The number of aliphatic hydroxyl groups is 1. The van der Waals surface area contributed by atoms with E-state index in [1.54, 1.807) is 6.20 Å². The van der Waals surface area contributed by atoms with Crippen LogP contribution in [0.25, 0.3) is 0 Å². The molecule has 0 saturated heterocycles. The fourth-order valence-electron chi connectivity index (χ4n) is 1.82. The van der Waals surface area contributed by atoms with Crippen LogP contribution in [0.3, 0.4) is 0 Å². The third-order valence-corrected chi connectivity index (χ3v) is 2.82. The fourth-order valence-corrected chi connectivity index (χ4v) is 1.82. The molecule has 0 unspecified atom stereocenters. The van der Waals surface area contributed by atoms with Gasteiger partial charge in [0.15, 0.2) is 0 Å². The molecule has 0 aliphatic rings. The number of carboxylic acids is 1. The predicted molar refractivity (Wildman–Crippen MR) is 72.9 cm³/mol. The van der Waals surface area contributed by atoms with E-state index in [1.807, 2.05) is 0 Å². The zero-order valence-corrected chi connectivity index (χ0v) is 11.1. The standard InChI is InChI=1S/C13H14N4O4/c18-8-7-17(12(19)9-16-6-5-14-15-16)11-3-1-10(2-4-11)13(20)21/h1-6,18H,7-9H2,(H,20,21). The van der Waals surface area contributed by atoms with Crippen molar-refractivity contribution < 1.29 is 19.8 Å². The molecule has 0 fully saturated rings. The molecule has 21 heavy (non-hydrogen) atoms. The SMILES string of the molecule is O=C(O)c1ccc(N(CCO)C(=O)Cn2ccnn2)cc1. The highest BCUT2D eigenvalue weighted by Crippen LogP contribution is 2.16. The van der Waals surface area contributed by atoms with Gasteiger partial charge in [-0.15, -0.1) is 5.10 Å². The molecule has 0 atom stereocenters. The number of rotatable bonds is 6. The first-order chi connectivity index (χ1) is 10.1. The molecule has 8 nitrogen and oxygen atoms in total. The third kappa shape index (κ3) is 3.63. The lowest BCUT2D eigenvalue weighted by Gasteiger charge is -2.22. The fraction of sp³-hybridized carbons (Fsp3) is 0.231. The maximum absolute atomic E-state index is 12.2. The smallest absolute Gasteiger partial charge is 0.335 e. The second-order valence-corrected chi connectivity index (χ2v) is 4.22. The van der Waals surface area contributed by atoms with Crippen molar-refractivity contribution in [1.29, 1.82) is 0 Å². The highest BCUT2D eigenvalue weighted by molar-refractivity contribution is 5.94. The molecule has 110 valence electrons. The summed E-state index contributed by atoms with van der Waals surface area (Å²) in [6.07, 6.45) is 3.02. The topological polar surface area (TPSA) is 109 Å². The van der Waals surface area contributed by atoms with E-state index in [1.165, 1.54) is 40.0 Å². The average Bonchev–Trinajstić information content (AvgIpc) is 2.97. The molecule has 0 spiro atoms. The maximum atomic E-state index is 12.2. The molecule has 2 rings (SSSR count). The Morgan fingerprint density at radius 3 is 2.48 bits per heavy atom.